The third kappa shape index (κ3) is 4.66. The Bertz CT molecular complexity index is 968. The summed E-state index contributed by atoms with van der Waals surface area (Å²) in [5.41, 5.74) is -0.158. The van der Waals surface area contributed by atoms with E-state index in [1.807, 2.05) is 32.0 Å². The number of nitrogens with zero attached hydrogens (tertiary/aromatic N) is 4. The van der Waals surface area contributed by atoms with E-state index in [-0.39, 0.29) is 17.5 Å². The highest BCUT2D eigenvalue weighted by atomic mass is 16.5. The molecular weight excluding hydrogens is 352 g/mol. The van der Waals surface area contributed by atoms with Gasteiger partial charge in [0.2, 0.25) is 5.95 Å². The molecule has 11 heteroatoms. The van der Waals surface area contributed by atoms with Gasteiger partial charge in [0, 0.05) is 6.20 Å². The molecule has 11 nitrogen and oxygen atoms in total. The Hall–Kier alpha value is -3.76. The van der Waals surface area contributed by atoms with E-state index in [0.717, 1.165) is 6.20 Å². The number of carbonyl (C=O) groups is 1. The lowest BCUT2D eigenvalue weighted by molar-refractivity contribution is 0.102. The maximum Gasteiger partial charge on any atom is 0.270 e. The predicted octanol–water partition coefficient (Wildman–Crippen LogP) is 1.31. The Labute approximate surface area is 153 Å². The van der Waals surface area contributed by atoms with Crippen molar-refractivity contribution in [1.82, 2.24) is 30.6 Å². The molecule has 2 aromatic heterocycles. The van der Waals surface area contributed by atoms with Crippen molar-refractivity contribution in [2.24, 2.45) is 5.92 Å². The molecule has 27 heavy (non-hydrogen) atoms. The molecule has 0 aliphatic heterocycles. The van der Waals surface area contributed by atoms with Crippen LogP contribution < -0.4 is 20.9 Å². The molecule has 0 atom stereocenters. The zero-order valence-electron chi connectivity index (χ0n) is 14.7. The highest BCUT2D eigenvalue weighted by Gasteiger charge is 2.14. The highest BCUT2D eigenvalue weighted by Crippen LogP contribution is 2.26. The van der Waals surface area contributed by atoms with Crippen LogP contribution in [0.5, 0.6) is 5.75 Å². The SMILES string of the molecule is CC(C)COc1ccccc1Nc1ncc(C(=O)Nc2nn[nH]n2)c(=O)[nH]1. The summed E-state index contributed by atoms with van der Waals surface area (Å²) < 4.78 is 5.75. The summed E-state index contributed by atoms with van der Waals surface area (Å²) in [4.78, 5) is 30.9. The molecular formula is C16H18N8O3. The van der Waals surface area contributed by atoms with Crippen molar-refractivity contribution in [1.29, 1.82) is 0 Å². The van der Waals surface area contributed by atoms with E-state index in [1.165, 1.54) is 0 Å². The van der Waals surface area contributed by atoms with Gasteiger partial charge in [-0.3, -0.25) is 19.9 Å². The van der Waals surface area contributed by atoms with Crippen molar-refractivity contribution in [3.63, 3.8) is 0 Å². The smallest absolute Gasteiger partial charge is 0.270 e. The molecule has 0 aliphatic rings. The number of aromatic amines is 2. The number of H-pyrrole nitrogens is 2. The van der Waals surface area contributed by atoms with Crippen LogP contribution in [0.2, 0.25) is 0 Å². The van der Waals surface area contributed by atoms with Gasteiger partial charge in [-0.2, -0.15) is 5.21 Å². The summed E-state index contributed by atoms with van der Waals surface area (Å²) in [7, 11) is 0. The van der Waals surface area contributed by atoms with E-state index >= 15 is 0 Å². The van der Waals surface area contributed by atoms with Crippen LogP contribution in [0.3, 0.4) is 0 Å². The first kappa shape index (κ1) is 18.0. The number of rotatable bonds is 7. The van der Waals surface area contributed by atoms with Gasteiger partial charge < -0.3 is 10.1 Å². The van der Waals surface area contributed by atoms with Gasteiger partial charge in [0.25, 0.3) is 17.4 Å². The number of hydrogen-bond acceptors (Lipinski definition) is 8. The maximum absolute atomic E-state index is 12.2. The quantitative estimate of drug-likeness (QED) is 0.486. The minimum Gasteiger partial charge on any atom is -0.491 e. The van der Waals surface area contributed by atoms with E-state index in [4.69, 9.17) is 4.74 Å². The summed E-state index contributed by atoms with van der Waals surface area (Å²) in [5, 5.41) is 18.0. The molecule has 3 rings (SSSR count). The minimum atomic E-state index is -0.697. The molecule has 0 spiro atoms. The summed E-state index contributed by atoms with van der Waals surface area (Å²) in [6, 6.07) is 7.29. The number of amides is 1. The fourth-order valence-electron chi connectivity index (χ4n) is 2.08. The lowest BCUT2D eigenvalue weighted by atomic mass is 10.2. The van der Waals surface area contributed by atoms with Crippen molar-refractivity contribution < 1.29 is 9.53 Å². The zero-order chi connectivity index (χ0) is 19.2. The molecule has 140 valence electrons. The van der Waals surface area contributed by atoms with Crippen LogP contribution in [-0.2, 0) is 0 Å². The van der Waals surface area contributed by atoms with Crippen molar-refractivity contribution in [2.75, 3.05) is 17.2 Å². The Morgan fingerprint density at radius 2 is 2.11 bits per heavy atom. The third-order valence-corrected chi connectivity index (χ3v) is 3.33. The number of anilines is 3. The summed E-state index contributed by atoms with van der Waals surface area (Å²) in [6.07, 6.45) is 1.16. The van der Waals surface area contributed by atoms with Gasteiger partial charge in [0.15, 0.2) is 0 Å². The first-order valence-corrected chi connectivity index (χ1v) is 8.16. The number of tetrazole rings is 1. The second kappa shape index (κ2) is 8.08. The van der Waals surface area contributed by atoms with E-state index < -0.39 is 11.5 Å². The molecule has 1 aromatic carbocycles. The molecule has 1 amide bonds. The summed E-state index contributed by atoms with van der Waals surface area (Å²) in [5.74, 6) is 0.438. The standard InChI is InChI=1S/C16H18N8O3/c1-9(2)8-27-12-6-4-3-5-11(12)18-15-17-7-10(13(25)19-15)14(26)20-16-21-23-24-22-16/h3-7,9H,8H2,1-2H3,(H2,17,18,19,25)(H2,20,21,22,23,24,26). The molecule has 0 unspecified atom stereocenters. The van der Waals surface area contributed by atoms with E-state index in [2.05, 4.69) is 41.2 Å². The molecule has 0 fully saturated rings. The van der Waals surface area contributed by atoms with Crippen molar-refractivity contribution in [2.45, 2.75) is 13.8 Å². The van der Waals surface area contributed by atoms with Gasteiger partial charge in [-0.25, -0.2) is 4.98 Å². The van der Waals surface area contributed by atoms with Crippen LogP contribution in [0, 0.1) is 5.92 Å². The predicted molar refractivity (Wildman–Crippen MR) is 97.0 cm³/mol. The largest absolute Gasteiger partial charge is 0.491 e. The molecule has 4 N–H and O–H groups in total. The fraction of sp³-hybridized carbons (Fsp3) is 0.250. The normalized spacial score (nSPS) is 10.6. The number of benzene rings is 1. The topological polar surface area (TPSA) is 151 Å². The second-order valence-electron chi connectivity index (χ2n) is 5.99. The first-order valence-electron chi connectivity index (χ1n) is 8.16. The van der Waals surface area contributed by atoms with E-state index in [1.54, 1.807) is 6.07 Å². The van der Waals surface area contributed by atoms with Crippen LogP contribution in [0.25, 0.3) is 0 Å². The van der Waals surface area contributed by atoms with Gasteiger partial charge in [-0.15, -0.1) is 5.10 Å². The minimum absolute atomic E-state index is 0.0437. The second-order valence-corrected chi connectivity index (χ2v) is 5.99. The van der Waals surface area contributed by atoms with Crippen LogP contribution >= 0.6 is 0 Å². The van der Waals surface area contributed by atoms with Crippen LogP contribution in [0.15, 0.2) is 35.3 Å². The van der Waals surface area contributed by atoms with Crippen molar-refractivity contribution >= 4 is 23.5 Å². The molecule has 0 bridgehead atoms. The third-order valence-electron chi connectivity index (χ3n) is 3.33. The van der Waals surface area contributed by atoms with Gasteiger partial charge in [-0.05, 0) is 23.3 Å². The molecule has 0 radical (unpaired) electrons. The van der Waals surface area contributed by atoms with Gasteiger partial charge in [0.1, 0.15) is 11.3 Å². The monoisotopic (exact) mass is 370 g/mol. The van der Waals surface area contributed by atoms with Crippen LogP contribution in [0.4, 0.5) is 17.6 Å². The Morgan fingerprint density at radius 1 is 1.30 bits per heavy atom. The first-order chi connectivity index (χ1) is 13.0. The van der Waals surface area contributed by atoms with Crippen molar-refractivity contribution in [3.05, 3.63) is 46.4 Å². The number of ether oxygens (including phenoxy) is 1. The summed E-state index contributed by atoms with van der Waals surface area (Å²) >= 11 is 0. The van der Waals surface area contributed by atoms with Crippen molar-refractivity contribution in [3.8, 4) is 5.75 Å². The van der Waals surface area contributed by atoms with E-state index in [9.17, 15) is 9.59 Å². The molecule has 0 saturated carbocycles. The number of hydrogen-bond donors (Lipinski definition) is 4. The molecule has 3 aromatic rings. The fourth-order valence-corrected chi connectivity index (χ4v) is 2.08. The Morgan fingerprint density at radius 3 is 2.81 bits per heavy atom. The number of para-hydroxylation sites is 2. The average molecular weight is 370 g/mol. The van der Waals surface area contributed by atoms with Crippen LogP contribution in [-0.4, -0.2) is 43.1 Å². The van der Waals surface area contributed by atoms with Crippen LogP contribution in [0.1, 0.15) is 24.2 Å². The number of aromatic nitrogens is 6. The molecule has 0 aliphatic carbocycles. The zero-order valence-corrected chi connectivity index (χ0v) is 14.7. The highest BCUT2D eigenvalue weighted by molar-refractivity contribution is 6.02. The number of nitrogens with one attached hydrogen (secondary N) is 4. The lowest BCUT2D eigenvalue weighted by Crippen LogP contribution is -2.24. The maximum atomic E-state index is 12.2. The lowest BCUT2D eigenvalue weighted by Gasteiger charge is -2.14. The van der Waals surface area contributed by atoms with Gasteiger partial charge >= 0.3 is 0 Å². The Kier molecular flexibility index (Phi) is 5.40. The van der Waals surface area contributed by atoms with E-state index in [0.29, 0.717) is 24.0 Å². The van der Waals surface area contributed by atoms with Gasteiger partial charge in [-0.1, -0.05) is 31.1 Å². The average Bonchev–Trinajstić information content (AvgIpc) is 3.14. The molecule has 0 saturated heterocycles. The Balaban J connectivity index is 1.75. The summed E-state index contributed by atoms with van der Waals surface area (Å²) in [6.45, 7) is 4.65. The molecule has 2 heterocycles. The number of carbonyl (C=O) groups excluding carboxylic acids is 1. The van der Waals surface area contributed by atoms with Gasteiger partial charge in [0.05, 0.1) is 12.3 Å².